The zero-order valence-electron chi connectivity index (χ0n) is 16.6. The molecule has 0 radical (unpaired) electrons. The van der Waals surface area contributed by atoms with Gasteiger partial charge in [-0.25, -0.2) is 8.42 Å². The zero-order chi connectivity index (χ0) is 21.0. The van der Waals surface area contributed by atoms with E-state index in [2.05, 4.69) is 0 Å². The van der Waals surface area contributed by atoms with E-state index in [-0.39, 0.29) is 17.9 Å². The molecule has 1 aliphatic heterocycles. The highest BCUT2D eigenvalue weighted by molar-refractivity contribution is 7.92. The number of carboxylic acid groups (broad SMARTS) is 1. The molecule has 0 atom stereocenters. The molecule has 0 fully saturated rings. The highest BCUT2D eigenvalue weighted by Crippen LogP contribution is 2.39. The Morgan fingerprint density at radius 3 is 2.69 bits per heavy atom. The van der Waals surface area contributed by atoms with Gasteiger partial charge in [-0.3, -0.25) is 9.10 Å². The lowest BCUT2D eigenvalue weighted by atomic mass is 10.0. The third kappa shape index (κ3) is 4.48. The molecule has 1 aliphatic rings. The number of rotatable bonds is 8. The number of aryl methyl sites for hydroxylation is 2. The molecule has 156 valence electrons. The number of benzene rings is 2. The van der Waals surface area contributed by atoms with Crippen LogP contribution < -0.4 is 13.8 Å². The topological polar surface area (TPSA) is 93.1 Å². The Kier molecular flexibility index (Phi) is 6.32. The molecule has 0 saturated heterocycles. The normalized spacial score (nSPS) is 13.7. The standard InChI is InChI=1S/C21H25NO6S/c1-15-14-17(10-11-18(15)28-13-5-9-20(23)24)29(25,26)22-12-4-7-16-6-3-8-19(27-2)21(16)22/h3,6,8,10-11,14H,4-5,7,9,12-13H2,1-2H3,(H,23,24). The molecule has 0 saturated carbocycles. The molecule has 1 N–H and O–H groups in total. The first-order valence-corrected chi connectivity index (χ1v) is 10.9. The third-order valence-electron chi connectivity index (χ3n) is 4.89. The second-order valence-electron chi connectivity index (χ2n) is 6.92. The monoisotopic (exact) mass is 419 g/mol. The maximum absolute atomic E-state index is 13.4. The van der Waals surface area contributed by atoms with Crippen molar-refractivity contribution in [3.63, 3.8) is 0 Å². The molecule has 7 nitrogen and oxygen atoms in total. The fourth-order valence-electron chi connectivity index (χ4n) is 3.46. The minimum absolute atomic E-state index is 0.0295. The zero-order valence-corrected chi connectivity index (χ0v) is 17.4. The van der Waals surface area contributed by atoms with Crippen LogP contribution in [0.15, 0.2) is 41.3 Å². The van der Waals surface area contributed by atoms with E-state index in [1.165, 1.54) is 17.5 Å². The molecular formula is C21H25NO6S. The van der Waals surface area contributed by atoms with Crippen LogP contribution in [0.3, 0.4) is 0 Å². The molecule has 3 rings (SSSR count). The molecule has 0 unspecified atom stereocenters. The van der Waals surface area contributed by atoms with Gasteiger partial charge in [-0.15, -0.1) is 0 Å². The van der Waals surface area contributed by atoms with Gasteiger partial charge in [0.2, 0.25) is 0 Å². The maximum Gasteiger partial charge on any atom is 0.303 e. The molecule has 0 aliphatic carbocycles. The van der Waals surface area contributed by atoms with Crippen molar-refractivity contribution in [2.45, 2.75) is 37.5 Å². The molecule has 0 bridgehead atoms. The highest BCUT2D eigenvalue weighted by atomic mass is 32.2. The first-order chi connectivity index (χ1) is 13.8. The number of hydrogen-bond donors (Lipinski definition) is 1. The molecule has 2 aromatic carbocycles. The van der Waals surface area contributed by atoms with Crippen molar-refractivity contribution in [3.8, 4) is 11.5 Å². The lowest BCUT2D eigenvalue weighted by molar-refractivity contribution is -0.137. The average molecular weight is 419 g/mol. The number of methoxy groups -OCH3 is 1. The van der Waals surface area contributed by atoms with Gasteiger partial charge in [0.1, 0.15) is 11.5 Å². The molecule has 0 amide bonds. The highest BCUT2D eigenvalue weighted by Gasteiger charge is 2.31. The van der Waals surface area contributed by atoms with E-state index >= 15 is 0 Å². The smallest absolute Gasteiger partial charge is 0.303 e. The van der Waals surface area contributed by atoms with Crippen molar-refractivity contribution in [2.24, 2.45) is 0 Å². The van der Waals surface area contributed by atoms with Gasteiger partial charge in [0, 0.05) is 13.0 Å². The Morgan fingerprint density at radius 1 is 1.21 bits per heavy atom. The van der Waals surface area contributed by atoms with Crippen LogP contribution in [0.2, 0.25) is 0 Å². The molecule has 2 aromatic rings. The second kappa shape index (κ2) is 8.73. The summed E-state index contributed by atoms with van der Waals surface area (Å²) in [7, 11) is -2.23. The van der Waals surface area contributed by atoms with E-state index in [1.807, 2.05) is 12.1 Å². The van der Waals surface area contributed by atoms with Crippen LogP contribution in [0.25, 0.3) is 0 Å². The summed E-state index contributed by atoms with van der Waals surface area (Å²) < 4.78 is 39.2. The molecule has 8 heteroatoms. The van der Waals surface area contributed by atoms with Crippen LogP contribution in [0.4, 0.5) is 5.69 Å². The van der Waals surface area contributed by atoms with Crippen molar-refractivity contribution in [1.82, 2.24) is 0 Å². The van der Waals surface area contributed by atoms with Crippen molar-refractivity contribution >= 4 is 21.7 Å². The number of aliphatic carboxylic acids is 1. The summed E-state index contributed by atoms with van der Waals surface area (Å²) in [5.74, 6) is 0.218. The van der Waals surface area contributed by atoms with Crippen molar-refractivity contribution in [3.05, 3.63) is 47.5 Å². The number of nitrogens with zero attached hydrogens (tertiary/aromatic N) is 1. The molecular weight excluding hydrogens is 394 g/mol. The minimum atomic E-state index is -3.76. The Hall–Kier alpha value is -2.74. The van der Waals surface area contributed by atoms with Gasteiger partial charge >= 0.3 is 5.97 Å². The Balaban J connectivity index is 1.86. The number of para-hydroxylation sites is 1. The van der Waals surface area contributed by atoms with E-state index in [0.717, 1.165) is 18.4 Å². The van der Waals surface area contributed by atoms with Crippen molar-refractivity contribution in [2.75, 3.05) is 24.6 Å². The number of carbonyl (C=O) groups is 1. The summed E-state index contributed by atoms with van der Waals surface area (Å²) in [5, 5.41) is 8.69. The van der Waals surface area contributed by atoms with Crippen LogP contribution in [-0.4, -0.2) is 39.8 Å². The number of anilines is 1. The van der Waals surface area contributed by atoms with Crippen LogP contribution in [0.1, 0.15) is 30.4 Å². The van der Waals surface area contributed by atoms with Crippen LogP contribution in [0.5, 0.6) is 11.5 Å². The Bertz CT molecular complexity index is 988. The molecule has 0 spiro atoms. The van der Waals surface area contributed by atoms with E-state index < -0.39 is 16.0 Å². The predicted octanol–water partition coefficient (Wildman–Crippen LogP) is 3.39. The quantitative estimate of drug-likeness (QED) is 0.660. The number of carboxylic acids is 1. The summed E-state index contributed by atoms with van der Waals surface area (Å²) in [6.07, 6.45) is 1.96. The Labute approximate surface area is 170 Å². The summed E-state index contributed by atoms with van der Waals surface area (Å²) in [5.41, 5.74) is 2.24. The summed E-state index contributed by atoms with van der Waals surface area (Å²) in [6.45, 7) is 2.43. The number of sulfonamides is 1. The molecule has 29 heavy (non-hydrogen) atoms. The summed E-state index contributed by atoms with van der Waals surface area (Å²) in [6, 6.07) is 10.3. The van der Waals surface area contributed by atoms with Gasteiger partial charge in [0.15, 0.2) is 0 Å². The minimum Gasteiger partial charge on any atom is -0.495 e. The van der Waals surface area contributed by atoms with Crippen LogP contribution >= 0.6 is 0 Å². The lowest BCUT2D eigenvalue weighted by Crippen LogP contribution is -2.35. The van der Waals surface area contributed by atoms with Gasteiger partial charge in [-0.2, -0.15) is 0 Å². The van der Waals surface area contributed by atoms with Gasteiger partial charge in [-0.1, -0.05) is 12.1 Å². The Morgan fingerprint density at radius 2 is 2.00 bits per heavy atom. The molecule has 1 heterocycles. The first kappa shape index (κ1) is 21.0. The SMILES string of the molecule is COc1cccc2c1N(S(=O)(=O)c1ccc(OCCCC(=O)O)c(C)c1)CCC2. The van der Waals surface area contributed by atoms with E-state index in [4.69, 9.17) is 14.6 Å². The maximum atomic E-state index is 13.4. The fraction of sp³-hybridized carbons (Fsp3) is 0.381. The van der Waals surface area contributed by atoms with Crippen molar-refractivity contribution < 1.29 is 27.8 Å². The van der Waals surface area contributed by atoms with Crippen LogP contribution in [-0.2, 0) is 21.2 Å². The van der Waals surface area contributed by atoms with E-state index in [1.54, 1.807) is 25.1 Å². The molecule has 0 aromatic heterocycles. The predicted molar refractivity (Wildman–Crippen MR) is 109 cm³/mol. The number of hydrogen-bond acceptors (Lipinski definition) is 5. The van der Waals surface area contributed by atoms with E-state index in [0.29, 0.717) is 35.7 Å². The van der Waals surface area contributed by atoms with Gasteiger partial charge in [0.25, 0.3) is 10.0 Å². The van der Waals surface area contributed by atoms with Crippen LogP contribution in [0, 0.1) is 6.92 Å². The first-order valence-electron chi connectivity index (χ1n) is 9.48. The second-order valence-corrected chi connectivity index (χ2v) is 8.78. The number of ether oxygens (including phenoxy) is 2. The fourth-order valence-corrected chi connectivity index (χ4v) is 5.10. The average Bonchev–Trinajstić information content (AvgIpc) is 2.70. The third-order valence-corrected chi connectivity index (χ3v) is 6.68. The van der Waals surface area contributed by atoms with E-state index in [9.17, 15) is 13.2 Å². The van der Waals surface area contributed by atoms with Gasteiger partial charge in [-0.05, 0) is 61.6 Å². The van der Waals surface area contributed by atoms with Crippen molar-refractivity contribution in [1.29, 1.82) is 0 Å². The van der Waals surface area contributed by atoms with Gasteiger partial charge in [0.05, 0.1) is 24.3 Å². The summed E-state index contributed by atoms with van der Waals surface area (Å²) >= 11 is 0. The lowest BCUT2D eigenvalue weighted by Gasteiger charge is -2.31. The largest absolute Gasteiger partial charge is 0.495 e. The van der Waals surface area contributed by atoms with Gasteiger partial charge < -0.3 is 14.6 Å². The number of fused-ring (bicyclic) bond motifs is 1. The summed E-state index contributed by atoms with van der Waals surface area (Å²) in [4.78, 5) is 10.8.